The molecule has 116 valence electrons. The summed E-state index contributed by atoms with van der Waals surface area (Å²) in [7, 11) is 0. The minimum Gasteiger partial charge on any atom is -0.392 e. The number of allylic oxidation sites excluding steroid dienone is 1. The quantitative estimate of drug-likeness (QED) is 0.832. The largest absolute Gasteiger partial charge is 0.392 e. The van der Waals surface area contributed by atoms with Gasteiger partial charge >= 0.3 is 0 Å². The van der Waals surface area contributed by atoms with Crippen LogP contribution in [0.4, 0.5) is 0 Å². The highest BCUT2D eigenvalue weighted by atomic mass is 16.3. The molecule has 2 N–H and O–H groups in total. The number of rotatable bonds is 4. The van der Waals surface area contributed by atoms with Crippen molar-refractivity contribution in [2.45, 2.75) is 40.9 Å². The SMILES string of the molecule is C/C(=C/c1cc(C)c(CO)c(CO)c1)c1ccc(C)c(C)c1. The third kappa shape index (κ3) is 3.46. The zero-order chi connectivity index (χ0) is 16.3. The van der Waals surface area contributed by atoms with E-state index in [1.165, 1.54) is 22.3 Å². The molecule has 0 bridgehead atoms. The molecule has 2 rings (SSSR count). The van der Waals surface area contributed by atoms with Crippen LogP contribution in [0.3, 0.4) is 0 Å². The molecular weight excluding hydrogens is 272 g/mol. The van der Waals surface area contributed by atoms with Gasteiger partial charge < -0.3 is 10.2 Å². The first kappa shape index (κ1) is 16.5. The second-order valence-electron chi connectivity index (χ2n) is 5.92. The van der Waals surface area contributed by atoms with Gasteiger partial charge in [-0.25, -0.2) is 0 Å². The smallest absolute Gasteiger partial charge is 0.0687 e. The van der Waals surface area contributed by atoms with Crippen molar-refractivity contribution in [2.24, 2.45) is 0 Å². The zero-order valence-corrected chi connectivity index (χ0v) is 13.8. The van der Waals surface area contributed by atoms with Crippen molar-refractivity contribution >= 4 is 11.6 Å². The Hall–Kier alpha value is -1.90. The Morgan fingerprint density at radius 1 is 0.909 bits per heavy atom. The lowest BCUT2D eigenvalue weighted by Gasteiger charge is -2.11. The third-order valence-corrected chi connectivity index (χ3v) is 4.26. The standard InChI is InChI=1S/C20H24O2/c1-13-5-6-18(9-14(13)2)15(3)7-17-8-16(4)20(12-22)19(10-17)11-21/h5-10,21-22H,11-12H2,1-4H3/b15-7-. The molecule has 0 amide bonds. The Bertz CT molecular complexity index is 712. The van der Waals surface area contributed by atoms with Crippen molar-refractivity contribution in [3.05, 3.63) is 69.3 Å². The first-order valence-corrected chi connectivity index (χ1v) is 7.56. The van der Waals surface area contributed by atoms with Crippen LogP contribution in [-0.2, 0) is 13.2 Å². The molecule has 0 radical (unpaired) electrons. The lowest BCUT2D eigenvalue weighted by atomic mass is 9.96. The number of benzene rings is 2. The molecule has 0 aromatic heterocycles. The van der Waals surface area contributed by atoms with Gasteiger partial charge in [-0.15, -0.1) is 0 Å². The number of hydrogen-bond acceptors (Lipinski definition) is 2. The molecule has 2 aromatic rings. The van der Waals surface area contributed by atoms with Crippen molar-refractivity contribution in [3.8, 4) is 0 Å². The predicted octanol–water partition coefficient (Wildman–Crippen LogP) is 4.16. The Morgan fingerprint density at radius 3 is 2.23 bits per heavy atom. The molecule has 2 heteroatoms. The van der Waals surface area contributed by atoms with E-state index in [-0.39, 0.29) is 13.2 Å². The minimum atomic E-state index is -0.0545. The van der Waals surface area contributed by atoms with E-state index in [1.807, 2.05) is 13.0 Å². The molecule has 22 heavy (non-hydrogen) atoms. The van der Waals surface area contributed by atoms with E-state index >= 15 is 0 Å². The summed E-state index contributed by atoms with van der Waals surface area (Å²) in [6.07, 6.45) is 2.12. The second-order valence-corrected chi connectivity index (χ2v) is 5.92. The summed E-state index contributed by atoms with van der Waals surface area (Å²) in [5, 5.41) is 18.9. The molecule has 2 aromatic carbocycles. The van der Waals surface area contributed by atoms with Crippen molar-refractivity contribution in [3.63, 3.8) is 0 Å². The maximum absolute atomic E-state index is 9.48. The van der Waals surface area contributed by atoms with Crippen LogP contribution in [0.15, 0.2) is 30.3 Å². The molecule has 0 aliphatic heterocycles. The topological polar surface area (TPSA) is 40.5 Å². The molecule has 0 aliphatic rings. The fourth-order valence-electron chi connectivity index (χ4n) is 2.69. The van der Waals surface area contributed by atoms with Crippen molar-refractivity contribution < 1.29 is 10.2 Å². The van der Waals surface area contributed by atoms with E-state index < -0.39 is 0 Å². The number of aliphatic hydroxyl groups is 2. The highest BCUT2D eigenvalue weighted by Gasteiger charge is 2.07. The van der Waals surface area contributed by atoms with Crippen LogP contribution in [0.5, 0.6) is 0 Å². The van der Waals surface area contributed by atoms with Gasteiger partial charge in [0, 0.05) is 0 Å². The van der Waals surface area contributed by atoms with Crippen LogP contribution in [0.25, 0.3) is 11.6 Å². The van der Waals surface area contributed by atoms with Crippen LogP contribution in [0, 0.1) is 20.8 Å². The normalized spacial score (nSPS) is 11.8. The molecule has 2 nitrogen and oxygen atoms in total. The molecule has 0 saturated heterocycles. The third-order valence-electron chi connectivity index (χ3n) is 4.26. The van der Waals surface area contributed by atoms with Crippen LogP contribution in [0.1, 0.15) is 45.9 Å². The van der Waals surface area contributed by atoms with Crippen molar-refractivity contribution in [1.82, 2.24) is 0 Å². The number of hydrogen-bond donors (Lipinski definition) is 2. The predicted molar refractivity (Wildman–Crippen MR) is 92.5 cm³/mol. The Kier molecular flexibility index (Phi) is 5.17. The zero-order valence-electron chi connectivity index (χ0n) is 13.8. The van der Waals surface area contributed by atoms with Gasteiger partial charge in [0.05, 0.1) is 13.2 Å². The van der Waals surface area contributed by atoms with Gasteiger partial charge in [0.25, 0.3) is 0 Å². The monoisotopic (exact) mass is 296 g/mol. The highest BCUT2D eigenvalue weighted by molar-refractivity contribution is 5.81. The molecule has 0 fully saturated rings. The van der Waals surface area contributed by atoms with Gasteiger partial charge in [-0.1, -0.05) is 30.3 Å². The summed E-state index contributed by atoms with van der Waals surface area (Å²) >= 11 is 0. The molecule has 0 aliphatic carbocycles. The lowest BCUT2D eigenvalue weighted by molar-refractivity contribution is 0.259. The average Bonchev–Trinajstić information content (AvgIpc) is 2.49. The van der Waals surface area contributed by atoms with Crippen LogP contribution in [-0.4, -0.2) is 10.2 Å². The van der Waals surface area contributed by atoms with Gasteiger partial charge in [-0.2, -0.15) is 0 Å². The lowest BCUT2D eigenvalue weighted by Crippen LogP contribution is -1.98. The molecular formula is C20H24O2. The van der Waals surface area contributed by atoms with E-state index in [1.54, 1.807) is 0 Å². The average molecular weight is 296 g/mol. The molecule has 0 spiro atoms. The van der Waals surface area contributed by atoms with Crippen molar-refractivity contribution in [1.29, 1.82) is 0 Å². The first-order valence-electron chi connectivity index (χ1n) is 7.56. The Balaban J connectivity index is 2.43. The Morgan fingerprint density at radius 2 is 1.64 bits per heavy atom. The molecule has 0 heterocycles. The van der Waals surface area contributed by atoms with E-state index in [9.17, 15) is 10.2 Å². The number of aliphatic hydroxyl groups excluding tert-OH is 2. The maximum Gasteiger partial charge on any atom is 0.0687 e. The minimum absolute atomic E-state index is 0.0398. The van der Waals surface area contributed by atoms with E-state index in [4.69, 9.17) is 0 Å². The van der Waals surface area contributed by atoms with Crippen LogP contribution >= 0.6 is 0 Å². The first-order chi connectivity index (χ1) is 10.5. The fraction of sp³-hybridized carbons (Fsp3) is 0.300. The van der Waals surface area contributed by atoms with Gasteiger partial charge in [-0.05, 0) is 78.3 Å². The summed E-state index contributed by atoms with van der Waals surface area (Å²) in [6.45, 7) is 8.20. The van der Waals surface area contributed by atoms with E-state index in [0.717, 1.165) is 22.3 Å². The van der Waals surface area contributed by atoms with Crippen molar-refractivity contribution in [2.75, 3.05) is 0 Å². The second kappa shape index (κ2) is 6.91. The summed E-state index contributed by atoms with van der Waals surface area (Å²) in [6, 6.07) is 10.5. The maximum atomic E-state index is 9.48. The van der Waals surface area contributed by atoms with Gasteiger partial charge in [0.15, 0.2) is 0 Å². The summed E-state index contributed by atoms with van der Waals surface area (Å²) in [5.41, 5.74) is 8.64. The number of aryl methyl sites for hydroxylation is 3. The van der Waals surface area contributed by atoms with Gasteiger partial charge in [-0.3, -0.25) is 0 Å². The molecule has 0 saturated carbocycles. The fourth-order valence-corrected chi connectivity index (χ4v) is 2.69. The van der Waals surface area contributed by atoms with E-state index in [0.29, 0.717) is 0 Å². The summed E-state index contributed by atoms with van der Waals surface area (Å²) < 4.78 is 0. The Labute approximate surface area is 132 Å². The van der Waals surface area contributed by atoms with Crippen LogP contribution in [0.2, 0.25) is 0 Å². The molecule has 0 atom stereocenters. The summed E-state index contributed by atoms with van der Waals surface area (Å²) in [4.78, 5) is 0. The van der Waals surface area contributed by atoms with Crippen LogP contribution < -0.4 is 0 Å². The van der Waals surface area contributed by atoms with E-state index in [2.05, 4.69) is 51.1 Å². The molecule has 0 unspecified atom stereocenters. The summed E-state index contributed by atoms with van der Waals surface area (Å²) in [5.74, 6) is 0. The highest BCUT2D eigenvalue weighted by Crippen LogP contribution is 2.24. The van der Waals surface area contributed by atoms with Gasteiger partial charge in [0.1, 0.15) is 0 Å². The van der Waals surface area contributed by atoms with Gasteiger partial charge in [0.2, 0.25) is 0 Å².